The predicted molar refractivity (Wildman–Crippen MR) is 65.0 cm³/mol. The summed E-state index contributed by atoms with van der Waals surface area (Å²) >= 11 is 3.03. The lowest BCUT2D eigenvalue weighted by atomic mass is 9.88. The van der Waals surface area contributed by atoms with E-state index in [1.165, 1.54) is 5.56 Å². The highest BCUT2D eigenvalue weighted by molar-refractivity contribution is 7.77. The van der Waals surface area contributed by atoms with Crippen LogP contribution in [0.3, 0.4) is 0 Å². The van der Waals surface area contributed by atoms with Crippen LogP contribution in [0.2, 0.25) is 0 Å². The first-order chi connectivity index (χ1) is 6.47. The van der Waals surface area contributed by atoms with Gasteiger partial charge in [-0.25, -0.2) is 4.98 Å². The molecule has 4 heteroatoms. The SMILES string of the molecule is CC(C)(C)Cc1ccnc(N)c1.NS. The Morgan fingerprint density at radius 1 is 1.36 bits per heavy atom. The summed E-state index contributed by atoms with van der Waals surface area (Å²) in [7, 11) is 0. The van der Waals surface area contributed by atoms with Crippen LogP contribution in [0.5, 0.6) is 0 Å². The maximum absolute atomic E-state index is 5.57. The summed E-state index contributed by atoms with van der Waals surface area (Å²) in [6, 6.07) is 3.95. The monoisotopic (exact) mass is 213 g/mol. The highest BCUT2D eigenvalue weighted by Gasteiger charge is 2.10. The predicted octanol–water partition coefficient (Wildman–Crippen LogP) is 2.04. The third kappa shape index (κ3) is 5.83. The Balaban J connectivity index is 0.000000791. The van der Waals surface area contributed by atoms with E-state index >= 15 is 0 Å². The van der Waals surface area contributed by atoms with Gasteiger partial charge < -0.3 is 5.73 Å². The molecule has 0 saturated carbocycles. The van der Waals surface area contributed by atoms with Gasteiger partial charge in [0.1, 0.15) is 5.82 Å². The lowest BCUT2D eigenvalue weighted by Gasteiger charge is -2.17. The largest absolute Gasteiger partial charge is 0.384 e. The molecule has 1 aromatic rings. The third-order valence-corrected chi connectivity index (χ3v) is 1.58. The minimum Gasteiger partial charge on any atom is -0.384 e. The molecule has 1 aromatic heterocycles. The van der Waals surface area contributed by atoms with Crippen LogP contribution in [0.15, 0.2) is 18.3 Å². The molecule has 0 bridgehead atoms. The average Bonchev–Trinajstić information content (AvgIpc) is 2.04. The minimum absolute atomic E-state index is 0.313. The molecule has 0 spiro atoms. The molecule has 0 atom stereocenters. The van der Waals surface area contributed by atoms with Crippen molar-refractivity contribution in [2.45, 2.75) is 27.2 Å². The van der Waals surface area contributed by atoms with Gasteiger partial charge in [-0.1, -0.05) is 20.8 Å². The molecule has 1 heterocycles. The third-order valence-electron chi connectivity index (χ3n) is 1.58. The number of thiol groups is 1. The number of nitrogens with two attached hydrogens (primary N) is 2. The number of pyridine rings is 1. The Morgan fingerprint density at radius 2 is 1.93 bits per heavy atom. The summed E-state index contributed by atoms with van der Waals surface area (Å²) in [6.07, 6.45) is 2.80. The zero-order valence-corrected chi connectivity index (χ0v) is 9.88. The minimum atomic E-state index is 0.313. The Morgan fingerprint density at radius 3 is 2.36 bits per heavy atom. The number of nitrogens with zero attached hydrogens (tertiary/aromatic N) is 1. The van der Waals surface area contributed by atoms with E-state index in [-0.39, 0.29) is 0 Å². The number of nitrogen functional groups attached to an aromatic ring is 1. The normalized spacial score (nSPS) is 10.4. The summed E-state index contributed by atoms with van der Waals surface area (Å²) in [5.74, 6) is 0.608. The summed E-state index contributed by atoms with van der Waals surface area (Å²) in [4.78, 5) is 3.95. The van der Waals surface area contributed by atoms with E-state index in [1.54, 1.807) is 6.20 Å². The first-order valence-electron chi connectivity index (χ1n) is 4.44. The molecule has 14 heavy (non-hydrogen) atoms. The molecule has 0 aliphatic heterocycles. The van der Waals surface area contributed by atoms with Gasteiger partial charge in [-0.05, 0) is 29.5 Å². The molecule has 0 saturated heterocycles. The molecule has 0 aromatic carbocycles. The van der Waals surface area contributed by atoms with Crippen molar-refractivity contribution >= 4 is 18.6 Å². The second-order valence-electron chi connectivity index (χ2n) is 4.33. The zero-order chi connectivity index (χ0) is 11.2. The summed E-state index contributed by atoms with van der Waals surface area (Å²) in [5, 5.41) is 4.19. The van der Waals surface area contributed by atoms with Crippen molar-refractivity contribution in [2.24, 2.45) is 10.6 Å². The summed E-state index contributed by atoms with van der Waals surface area (Å²) in [5.41, 5.74) is 7.14. The maximum atomic E-state index is 5.57. The van der Waals surface area contributed by atoms with Crippen molar-refractivity contribution in [3.63, 3.8) is 0 Å². The quantitative estimate of drug-likeness (QED) is 0.625. The number of rotatable bonds is 1. The van der Waals surface area contributed by atoms with E-state index in [0.717, 1.165) is 6.42 Å². The van der Waals surface area contributed by atoms with E-state index < -0.39 is 0 Å². The lowest BCUT2D eigenvalue weighted by Crippen LogP contribution is -2.09. The van der Waals surface area contributed by atoms with Crippen LogP contribution in [0.4, 0.5) is 5.82 Å². The van der Waals surface area contributed by atoms with Gasteiger partial charge in [0.05, 0.1) is 0 Å². The Labute approximate surface area is 91.5 Å². The van der Waals surface area contributed by atoms with E-state index in [1.807, 2.05) is 12.1 Å². The molecule has 0 amide bonds. The van der Waals surface area contributed by atoms with Gasteiger partial charge >= 0.3 is 0 Å². The van der Waals surface area contributed by atoms with Crippen molar-refractivity contribution in [2.75, 3.05) is 5.73 Å². The van der Waals surface area contributed by atoms with Gasteiger partial charge in [-0.3, -0.25) is 5.14 Å². The highest BCUT2D eigenvalue weighted by atomic mass is 32.1. The molecule has 0 unspecified atom stereocenters. The average molecular weight is 213 g/mol. The summed E-state index contributed by atoms with van der Waals surface area (Å²) < 4.78 is 0. The van der Waals surface area contributed by atoms with E-state index in [0.29, 0.717) is 11.2 Å². The van der Waals surface area contributed by atoms with Crippen molar-refractivity contribution in [3.05, 3.63) is 23.9 Å². The second-order valence-corrected chi connectivity index (χ2v) is 4.33. The van der Waals surface area contributed by atoms with Crippen LogP contribution in [0, 0.1) is 5.41 Å². The highest BCUT2D eigenvalue weighted by Crippen LogP contribution is 2.20. The fraction of sp³-hybridized carbons (Fsp3) is 0.500. The molecule has 0 fully saturated rings. The maximum Gasteiger partial charge on any atom is 0.123 e. The van der Waals surface area contributed by atoms with Crippen LogP contribution in [0.1, 0.15) is 26.3 Å². The van der Waals surface area contributed by atoms with Crippen LogP contribution in [-0.4, -0.2) is 4.98 Å². The van der Waals surface area contributed by atoms with Crippen molar-refractivity contribution < 1.29 is 0 Å². The zero-order valence-electron chi connectivity index (χ0n) is 8.99. The topological polar surface area (TPSA) is 64.9 Å². The second kappa shape index (κ2) is 5.88. The van der Waals surface area contributed by atoms with Gasteiger partial charge in [-0.15, -0.1) is 12.8 Å². The van der Waals surface area contributed by atoms with E-state index in [2.05, 4.69) is 43.7 Å². The molecular formula is C10H19N3S. The van der Waals surface area contributed by atoms with Crippen LogP contribution in [0.25, 0.3) is 0 Å². The van der Waals surface area contributed by atoms with Crippen molar-refractivity contribution in [1.82, 2.24) is 4.98 Å². The van der Waals surface area contributed by atoms with Gasteiger partial charge in [0.15, 0.2) is 0 Å². The van der Waals surface area contributed by atoms with Gasteiger partial charge in [0, 0.05) is 6.20 Å². The fourth-order valence-corrected chi connectivity index (χ4v) is 1.22. The van der Waals surface area contributed by atoms with E-state index in [4.69, 9.17) is 5.73 Å². The smallest absolute Gasteiger partial charge is 0.123 e. The first kappa shape index (κ1) is 13.3. The van der Waals surface area contributed by atoms with Gasteiger partial charge in [0.25, 0.3) is 0 Å². The van der Waals surface area contributed by atoms with Crippen LogP contribution in [-0.2, 0) is 6.42 Å². The molecule has 0 aliphatic rings. The van der Waals surface area contributed by atoms with Gasteiger partial charge in [-0.2, -0.15) is 0 Å². The van der Waals surface area contributed by atoms with Crippen molar-refractivity contribution in [3.8, 4) is 0 Å². The van der Waals surface area contributed by atoms with E-state index in [9.17, 15) is 0 Å². The first-order valence-corrected chi connectivity index (χ1v) is 4.95. The molecule has 3 nitrogen and oxygen atoms in total. The molecule has 80 valence electrons. The molecule has 4 N–H and O–H groups in total. The van der Waals surface area contributed by atoms with Crippen LogP contribution < -0.4 is 10.9 Å². The number of anilines is 1. The molecule has 1 rings (SSSR count). The lowest BCUT2D eigenvalue weighted by molar-refractivity contribution is 0.411. The molecule has 0 radical (unpaired) electrons. The van der Waals surface area contributed by atoms with Crippen molar-refractivity contribution in [1.29, 1.82) is 0 Å². The Hall–Kier alpha value is -0.740. The molecular weight excluding hydrogens is 194 g/mol. The summed E-state index contributed by atoms with van der Waals surface area (Å²) in [6.45, 7) is 6.64. The number of hydrogen-bond acceptors (Lipinski definition) is 4. The Bertz CT molecular complexity index is 268. The standard InChI is InChI=1S/C10H16N2.H3NS/c1-10(2,3)7-8-4-5-12-9(11)6-8;1-2/h4-6H,7H2,1-3H3,(H2,11,12);2H,1H2. The number of aromatic nitrogens is 1. The Kier molecular flexibility index (Phi) is 5.57. The van der Waals surface area contributed by atoms with Gasteiger partial charge in [0.2, 0.25) is 0 Å². The fourth-order valence-electron chi connectivity index (χ4n) is 1.22. The molecule has 0 aliphatic carbocycles. The van der Waals surface area contributed by atoms with Crippen LogP contribution >= 0.6 is 12.8 Å². The number of hydrogen-bond donors (Lipinski definition) is 3.